The molecule has 0 amide bonds. The van der Waals surface area contributed by atoms with Crippen molar-refractivity contribution < 1.29 is 4.21 Å². The molecule has 0 radical (unpaired) electrons. The SMILES string of the molecule is C=S(C)(=O)N1CCC(CN)CC1. The highest BCUT2D eigenvalue weighted by Gasteiger charge is 2.20. The number of hydrogen-bond acceptors (Lipinski definition) is 2. The van der Waals surface area contributed by atoms with Gasteiger partial charge in [0.25, 0.3) is 0 Å². The van der Waals surface area contributed by atoms with E-state index >= 15 is 0 Å². The van der Waals surface area contributed by atoms with Crippen LogP contribution in [-0.4, -0.2) is 40.3 Å². The van der Waals surface area contributed by atoms with Crippen LogP contribution in [0.25, 0.3) is 0 Å². The van der Waals surface area contributed by atoms with Gasteiger partial charge in [0, 0.05) is 29.1 Å². The van der Waals surface area contributed by atoms with Crippen LogP contribution in [0.4, 0.5) is 0 Å². The van der Waals surface area contributed by atoms with E-state index in [1.165, 1.54) is 0 Å². The zero-order valence-electron chi connectivity index (χ0n) is 7.66. The molecule has 1 unspecified atom stereocenters. The van der Waals surface area contributed by atoms with Crippen LogP contribution >= 0.6 is 0 Å². The van der Waals surface area contributed by atoms with E-state index in [1.54, 1.807) is 6.26 Å². The first-order valence-electron chi connectivity index (χ1n) is 4.31. The number of rotatable bonds is 2. The normalized spacial score (nSPS) is 26.8. The van der Waals surface area contributed by atoms with E-state index in [1.807, 2.05) is 4.31 Å². The Morgan fingerprint density at radius 1 is 1.58 bits per heavy atom. The Labute approximate surface area is 75.1 Å². The fourth-order valence-corrected chi connectivity index (χ4v) is 2.51. The second-order valence-electron chi connectivity index (χ2n) is 3.57. The number of hydrogen-bond donors (Lipinski definition) is 1. The lowest BCUT2D eigenvalue weighted by atomic mass is 9.99. The fourth-order valence-electron chi connectivity index (χ4n) is 1.53. The molecule has 1 rings (SSSR count). The van der Waals surface area contributed by atoms with Gasteiger partial charge >= 0.3 is 0 Å². The summed E-state index contributed by atoms with van der Waals surface area (Å²) in [5.41, 5.74) is 5.55. The van der Waals surface area contributed by atoms with Crippen LogP contribution in [0.1, 0.15) is 12.8 Å². The van der Waals surface area contributed by atoms with Crippen LogP contribution in [0.2, 0.25) is 0 Å². The quantitative estimate of drug-likeness (QED) is 0.619. The third-order valence-corrected chi connectivity index (χ3v) is 3.91. The predicted octanol–water partition coefficient (Wildman–Crippen LogP) is -0.0817. The molecule has 1 aliphatic heterocycles. The molecule has 1 fully saturated rings. The van der Waals surface area contributed by atoms with E-state index < -0.39 is 9.71 Å². The smallest absolute Gasteiger partial charge is 0.0245 e. The third-order valence-electron chi connectivity index (χ3n) is 2.45. The van der Waals surface area contributed by atoms with Crippen molar-refractivity contribution >= 4 is 15.6 Å². The van der Waals surface area contributed by atoms with E-state index in [0.717, 1.165) is 32.5 Å². The average Bonchev–Trinajstić information content (AvgIpc) is 2.03. The summed E-state index contributed by atoms with van der Waals surface area (Å²) in [6, 6.07) is 0. The maximum Gasteiger partial charge on any atom is 0.0245 e. The molecule has 0 spiro atoms. The monoisotopic (exact) mass is 190 g/mol. The van der Waals surface area contributed by atoms with Crippen molar-refractivity contribution in [2.24, 2.45) is 11.7 Å². The Morgan fingerprint density at radius 2 is 2.08 bits per heavy atom. The molecule has 4 heteroatoms. The molecule has 0 aliphatic carbocycles. The first-order chi connectivity index (χ1) is 5.54. The number of nitrogens with two attached hydrogens (primary N) is 1. The number of piperidine rings is 1. The van der Waals surface area contributed by atoms with Crippen LogP contribution in [0.3, 0.4) is 0 Å². The van der Waals surface area contributed by atoms with E-state index in [0.29, 0.717) is 5.92 Å². The van der Waals surface area contributed by atoms with Gasteiger partial charge < -0.3 is 5.73 Å². The summed E-state index contributed by atoms with van der Waals surface area (Å²) in [4.78, 5) is 0. The minimum Gasteiger partial charge on any atom is -0.330 e. The minimum atomic E-state index is -1.97. The Balaban J connectivity index is 2.47. The van der Waals surface area contributed by atoms with Gasteiger partial charge in [-0.05, 0) is 31.2 Å². The van der Waals surface area contributed by atoms with Crippen molar-refractivity contribution in [3.8, 4) is 0 Å². The molecule has 1 atom stereocenters. The molecule has 3 nitrogen and oxygen atoms in total. The molecule has 0 aromatic rings. The highest BCUT2D eigenvalue weighted by molar-refractivity contribution is 7.97. The van der Waals surface area contributed by atoms with E-state index in [4.69, 9.17) is 5.73 Å². The summed E-state index contributed by atoms with van der Waals surface area (Å²) in [6.45, 7) is 2.54. The van der Waals surface area contributed by atoms with Crippen LogP contribution in [-0.2, 0) is 9.71 Å². The summed E-state index contributed by atoms with van der Waals surface area (Å²) in [7, 11) is -1.97. The Hall–Kier alpha value is -0.0600. The van der Waals surface area contributed by atoms with Crippen LogP contribution in [0, 0.1) is 5.92 Å². The topological polar surface area (TPSA) is 46.3 Å². The van der Waals surface area contributed by atoms with Crippen molar-refractivity contribution in [2.45, 2.75) is 12.8 Å². The lowest BCUT2D eigenvalue weighted by Gasteiger charge is -2.31. The molecular weight excluding hydrogens is 172 g/mol. The van der Waals surface area contributed by atoms with Crippen molar-refractivity contribution in [2.75, 3.05) is 25.9 Å². The minimum absolute atomic E-state index is 0.628. The lowest BCUT2D eigenvalue weighted by Crippen LogP contribution is -2.39. The molecule has 1 aliphatic rings. The van der Waals surface area contributed by atoms with Gasteiger partial charge in [-0.15, -0.1) is 0 Å². The van der Waals surface area contributed by atoms with Gasteiger partial charge in [0.1, 0.15) is 0 Å². The largest absolute Gasteiger partial charge is 0.330 e. The summed E-state index contributed by atoms with van der Waals surface area (Å²) in [5, 5.41) is 0. The van der Waals surface area contributed by atoms with Crippen LogP contribution < -0.4 is 5.73 Å². The fraction of sp³-hybridized carbons (Fsp3) is 0.875. The van der Waals surface area contributed by atoms with Gasteiger partial charge in [0.05, 0.1) is 0 Å². The first-order valence-corrected chi connectivity index (χ1v) is 6.40. The van der Waals surface area contributed by atoms with Crippen LogP contribution in [0.5, 0.6) is 0 Å². The summed E-state index contributed by atoms with van der Waals surface area (Å²) >= 11 is 0. The average molecular weight is 190 g/mol. The van der Waals surface area contributed by atoms with Gasteiger partial charge in [0.2, 0.25) is 0 Å². The van der Waals surface area contributed by atoms with Gasteiger partial charge in [-0.3, -0.25) is 4.21 Å². The van der Waals surface area contributed by atoms with Gasteiger partial charge in [0.15, 0.2) is 0 Å². The standard InChI is InChI=1S/C8H18N2OS/c1-12(2,11)10-5-3-8(7-9)4-6-10/h8H,1,3-7,9H2,2H3. The molecular formula is C8H18N2OS. The predicted molar refractivity (Wildman–Crippen MR) is 54.5 cm³/mol. The first kappa shape index (κ1) is 10.0. The molecule has 1 saturated heterocycles. The zero-order chi connectivity index (χ0) is 9.19. The van der Waals surface area contributed by atoms with E-state index in [9.17, 15) is 4.21 Å². The second kappa shape index (κ2) is 3.77. The van der Waals surface area contributed by atoms with E-state index in [-0.39, 0.29) is 0 Å². The van der Waals surface area contributed by atoms with Crippen LogP contribution in [0.15, 0.2) is 0 Å². The molecule has 2 N–H and O–H groups in total. The summed E-state index contributed by atoms with van der Waals surface area (Å²) < 4.78 is 13.5. The Bertz CT molecular complexity index is 227. The van der Waals surface area contributed by atoms with Gasteiger partial charge in [-0.25, -0.2) is 4.31 Å². The van der Waals surface area contributed by atoms with Crippen molar-refractivity contribution in [1.29, 1.82) is 0 Å². The molecule has 1 heterocycles. The Morgan fingerprint density at radius 3 is 2.42 bits per heavy atom. The van der Waals surface area contributed by atoms with Crippen molar-refractivity contribution in [3.63, 3.8) is 0 Å². The van der Waals surface area contributed by atoms with Crippen molar-refractivity contribution in [1.82, 2.24) is 4.31 Å². The molecule has 0 bridgehead atoms. The maximum atomic E-state index is 11.5. The lowest BCUT2D eigenvalue weighted by molar-refractivity contribution is 0.288. The van der Waals surface area contributed by atoms with Crippen molar-refractivity contribution in [3.05, 3.63) is 0 Å². The highest BCUT2D eigenvalue weighted by atomic mass is 32.2. The zero-order valence-corrected chi connectivity index (χ0v) is 8.48. The molecule has 0 aromatic carbocycles. The number of nitrogens with zero attached hydrogens (tertiary/aromatic N) is 1. The molecule has 12 heavy (non-hydrogen) atoms. The van der Waals surface area contributed by atoms with E-state index in [2.05, 4.69) is 5.87 Å². The molecule has 72 valence electrons. The summed E-state index contributed by atoms with van der Waals surface area (Å²) in [6.07, 6.45) is 3.84. The van der Waals surface area contributed by atoms with Gasteiger partial charge in [-0.1, -0.05) is 0 Å². The highest BCUT2D eigenvalue weighted by Crippen LogP contribution is 2.17. The second-order valence-corrected chi connectivity index (χ2v) is 6.00. The maximum absolute atomic E-state index is 11.5. The molecule has 0 saturated carbocycles. The third kappa shape index (κ3) is 2.47. The molecule has 0 aromatic heterocycles. The Kier molecular flexibility index (Phi) is 3.15. The summed E-state index contributed by atoms with van der Waals surface area (Å²) in [5.74, 6) is 4.30. The van der Waals surface area contributed by atoms with Gasteiger partial charge in [-0.2, -0.15) is 0 Å².